The number of nitrogens with one attached hydrogen (secondary N) is 2. The first-order valence-corrected chi connectivity index (χ1v) is 6.40. The normalized spacial score (nSPS) is 23.8. The maximum absolute atomic E-state index is 11.7. The van der Waals surface area contributed by atoms with Crippen LogP contribution in [0.15, 0.2) is 18.5 Å². The molecule has 0 aromatic carbocycles. The second-order valence-corrected chi connectivity index (χ2v) is 4.91. The second-order valence-electron chi connectivity index (χ2n) is 4.91. The van der Waals surface area contributed by atoms with Crippen LogP contribution in [0.4, 0.5) is 0 Å². The number of rotatable bonds is 5. The third-order valence-electron chi connectivity index (χ3n) is 3.37. The number of H-pyrrole nitrogens is 1. The fraction of sp³-hybridized carbons (Fsp3) is 0.615. The average molecular weight is 235 g/mol. The van der Waals surface area contributed by atoms with Crippen molar-refractivity contribution >= 4 is 5.91 Å². The predicted octanol–water partition coefficient (Wildman–Crippen LogP) is 1.33. The summed E-state index contributed by atoms with van der Waals surface area (Å²) in [4.78, 5) is 14.7. The first-order chi connectivity index (χ1) is 8.24. The lowest BCUT2D eigenvalue weighted by Crippen LogP contribution is -2.33. The second kappa shape index (κ2) is 5.87. The molecule has 1 aliphatic carbocycles. The van der Waals surface area contributed by atoms with Gasteiger partial charge in [0, 0.05) is 30.9 Å². The van der Waals surface area contributed by atoms with Crippen molar-refractivity contribution in [3.05, 3.63) is 24.0 Å². The van der Waals surface area contributed by atoms with Crippen LogP contribution in [0.1, 0.15) is 37.7 Å². The fourth-order valence-corrected chi connectivity index (χ4v) is 2.41. The summed E-state index contributed by atoms with van der Waals surface area (Å²) in [6, 6.07) is 2.64. The van der Waals surface area contributed by atoms with Gasteiger partial charge in [-0.3, -0.25) is 4.79 Å². The number of amides is 1. The Hall–Kier alpha value is -1.29. The van der Waals surface area contributed by atoms with Crippen molar-refractivity contribution in [2.24, 2.45) is 5.73 Å². The highest BCUT2D eigenvalue weighted by Gasteiger charge is 2.22. The van der Waals surface area contributed by atoms with Crippen LogP contribution in [0, 0.1) is 0 Å². The molecule has 2 unspecified atom stereocenters. The number of aryl methyl sites for hydroxylation is 1. The zero-order valence-electron chi connectivity index (χ0n) is 10.1. The molecule has 2 atom stereocenters. The Balaban J connectivity index is 1.61. The first-order valence-electron chi connectivity index (χ1n) is 6.40. The van der Waals surface area contributed by atoms with Gasteiger partial charge in [-0.2, -0.15) is 0 Å². The van der Waals surface area contributed by atoms with Gasteiger partial charge in [-0.05, 0) is 43.7 Å². The topological polar surface area (TPSA) is 70.9 Å². The molecule has 1 heterocycles. The minimum absolute atomic E-state index is 0.166. The molecule has 1 fully saturated rings. The Labute approximate surface area is 102 Å². The Morgan fingerprint density at radius 3 is 3.06 bits per heavy atom. The summed E-state index contributed by atoms with van der Waals surface area (Å²) in [6.07, 6.45) is 9.37. The van der Waals surface area contributed by atoms with E-state index in [4.69, 9.17) is 5.73 Å². The summed E-state index contributed by atoms with van der Waals surface area (Å²) >= 11 is 0. The fourth-order valence-electron chi connectivity index (χ4n) is 2.41. The summed E-state index contributed by atoms with van der Waals surface area (Å²) in [5.41, 5.74) is 7.07. The molecule has 17 heavy (non-hydrogen) atoms. The molecular weight excluding hydrogens is 214 g/mol. The molecule has 4 nitrogen and oxygen atoms in total. The Morgan fingerprint density at radius 2 is 2.41 bits per heavy atom. The third-order valence-corrected chi connectivity index (χ3v) is 3.37. The largest absolute Gasteiger partial charge is 0.367 e. The molecule has 0 spiro atoms. The molecule has 0 aliphatic heterocycles. The molecule has 0 saturated heterocycles. The van der Waals surface area contributed by atoms with Gasteiger partial charge in [0.15, 0.2) is 0 Å². The lowest BCUT2D eigenvalue weighted by Gasteiger charge is -2.12. The maximum Gasteiger partial charge on any atom is 0.220 e. The zero-order chi connectivity index (χ0) is 12.1. The number of hydrogen-bond donors (Lipinski definition) is 3. The lowest BCUT2D eigenvalue weighted by atomic mass is 10.1. The van der Waals surface area contributed by atoms with E-state index in [1.54, 1.807) is 0 Å². The van der Waals surface area contributed by atoms with Crippen LogP contribution in [-0.2, 0) is 11.2 Å². The van der Waals surface area contributed by atoms with E-state index in [0.717, 1.165) is 32.1 Å². The first kappa shape index (κ1) is 12.2. The number of aromatic nitrogens is 1. The van der Waals surface area contributed by atoms with Gasteiger partial charge >= 0.3 is 0 Å². The molecule has 1 aromatic rings. The highest BCUT2D eigenvalue weighted by Crippen LogP contribution is 2.17. The van der Waals surface area contributed by atoms with Gasteiger partial charge in [0.25, 0.3) is 0 Å². The van der Waals surface area contributed by atoms with Gasteiger partial charge in [-0.15, -0.1) is 0 Å². The van der Waals surface area contributed by atoms with E-state index in [1.807, 2.05) is 18.5 Å². The van der Waals surface area contributed by atoms with Crippen LogP contribution >= 0.6 is 0 Å². The Kier molecular flexibility index (Phi) is 4.20. The van der Waals surface area contributed by atoms with E-state index in [0.29, 0.717) is 12.5 Å². The SMILES string of the molecule is NC1CCC(NC(=O)CCCc2cc[nH]c2)C1. The van der Waals surface area contributed by atoms with E-state index in [9.17, 15) is 4.79 Å². The summed E-state index contributed by atoms with van der Waals surface area (Å²) in [7, 11) is 0. The third kappa shape index (κ3) is 3.89. The van der Waals surface area contributed by atoms with Crippen molar-refractivity contribution < 1.29 is 4.79 Å². The number of carbonyl (C=O) groups is 1. The van der Waals surface area contributed by atoms with Gasteiger partial charge in [-0.25, -0.2) is 0 Å². The van der Waals surface area contributed by atoms with Crippen molar-refractivity contribution in [3.8, 4) is 0 Å². The molecule has 0 bridgehead atoms. The molecule has 4 N–H and O–H groups in total. The monoisotopic (exact) mass is 235 g/mol. The maximum atomic E-state index is 11.7. The molecule has 0 radical (unpaired) electrons. The summed E-state index contributed by atoms with van der Waals surface area (Å²) in [5, 5.41) is 3.06. The van der Waals surface area contributed by atoms with Gasteiger partial charge in [0.05, 0.1) is 0 Å². The van der Waals surface area contributed by atoms with Crippen LogP contribution < -0.4 is 11.1 Å². The summed E-state index contributed by atoms with van der Waals surface area (Å²) < 4.78 is 0. The number of carbonyl (C=O) groups excluding carboxylic acids is 1. The molecule has 1 aromatic heterocycles. The van der Waals surface area contributed by atoms with Crippen molar-refractivity contribution in [2.45, 2.75) is 50.6 Å². The lowest BCUT2D eigenvalue weighted by molar-refractivity contribution is -0.121. The molecule has 1 amide bonds. The van der Waals surface area contributed by atoms with E-state index >= 15 is 0 Å². The van der Waals surface area contributed by atoms with Gasteiger partial charge in [-0.1, -0.05) is 0 Å². The highest BCUT2D eigenvalue weighted by atomic mass is 16.1. The van der Waals surface area contributed by atoms with Crippen LogP contribution in [0.5, 0.6) is 0 Å². The highest BCUT2D eigenvalue weighted by molar-refractivity contribution is 5.76. The van der Waals surface area contributed by atoms with Crippen LogP contribution in [0.25, 0.3) is 0 Å². The molecule has 1 saturated carbocycles. The average Bonchev–Trinajstić information content (AvgIpc) is 2.90. The molecular formula is C13H21N3O. The van der Waals surface area contributed by atoms with Crippen molar-refractivity contribution in [1.29, 1.82) is 0 Å². The van der Waals surface area contributed by atoms with E-state index in [-0.39, 0.29) is 11.9 Å². The Morgan fingerprint density at radius 1 is 1.53 bits per heavy atom. The Bertz CT molecular complexity index is 348. The molecule has 94 valence electrons. The smallest absolute Gasteiger partial charge is 0.220 e. The molecule has 2 rings (SSSR count). The van der Waals surface area contributed by atoms with Crippen molar-refractivity contribution in [2.75, 3.05) is 0 Å². The van der Waals surface area contributed by atoms with E-state index in [2.05, 4.69) is 10.3 Å². The summed E-state index contributed by atoms with van der Waals surface area (Å²) in [6.45, 7) is 0. The van der Waals surface area contributed by atoms with Crippen molar-refractivity contribution in [3.63, 3.8) is 0 Å². The van der Waals surface area contributed by atoms with Gasteiger partial charge in [0.1, 0.15) is 0 Å². The molecule has 4 heteroatoms. The summed E-state index contributed by atoms with van der Waals surface area (Å²) in [5.74, 6) is 0.166. The van der Waals surface area contributed by atoms with Gasteiger partial charge in [0.2, 0.25) is 5.91 Å². The quantitative estimate of drug-likeness (QED) is 0.720. The number of aromatic amines is 1. The van der Waals surface area contributed by atoms with E-state index < -0.39 is 0 Å². The standard InChI is InChI=1S/C13H21N3O/c14-11-4-5-12(8-11)16-13(17)3-1-2-10-6-7-15-9-10/h6-7,9,11-12,15H,1-5,8,14H2,(H,16,17). The molecule has 1 aliphatic rings. The van der Waals surface area contributed by atoms with Crippen LogP contribution in [0.2, 0.25) is 0 Å². The minimum Gasteiger partial charge on any atom is -0.367 e. The van der Waals surface area contributed by atoms with Crippen molar-refractivity contribution in [1.82, 2.24) is 10.3 Å². The zero-order valence-corrected chi connectivity index (χ0v) is 10.1. The number of nitrogens with two attached hydrogens (primary N) is 1. The van der Waals surface area contributed by atoms with Crippen LogP contribution in [-0.4, -0.2) is 23.0 Å². The van der Waals surface area contributed by atoms with Gasteiger partial charge < -0.3 is 16.0 Å². The predicted molar refractivity (Wildman–Crippen MR) is 67.5 cm³/mol. The van der Waals surface area contributed by atoms with Crippen LogP contribution in [0.3, 0.4) is 0 Å². The number of hydrogen-bond acceptors (Lipinski definition) is 2. The minimum atomic E-state index is 0.166. The van der Waals surface area contributed by atoms with E-state index in [1.165, 1.54) is 5.56 Å².